The van der Waals surface area contributed by atoms with Crippen LogP contribution in [0, 0.1) is 12.3 Å². The van der Waals surface area contributed by atoms with Crippen molar-refractivity contribution < 1.29 is 19.1 Å². The molecule has 2 heterocycles. The van der Waals surface area contributed by atoms with Gasteiger partial charge in [-0.1, -0.05) is 38.4 Å². The minimum absolute atomic E-state index is 0.0331. The fraction of sp³-hybridized carbons (Fsp3) is 0.310. The first kappa shape index (κ1) is 26.4. The zero-order chi connectivity index (χ0) is 26.9. The third-order valence-corrected chi connectivity index (χ3v) is 6.82. The molecule has 0 spiro atoms. The maximum atomic E-state index is 12.8. The number of methoxy groups -OCH3 is 1. The number of ether oxygens (including phenoxy) is 2. The van der Waals surface area contributed by atoms with Crippen molar-refractivity contribution >= 4 is 39.9 Å². The molecular weight excluding hydrogens is 490 g/mol. The Kier molecular flexibility index (Phi) is 7.37. The quantitative estimate of drug-likeness (QED) is 0.391. The van der Waals surface area contributed by atoms with Crippen LogP contribution < -0.4 is 15.2 Å². The van der Waals surface area contributed by atoms with Crippen LogP contribution in [-0.4, -0.2) is 36.0 Å². The number of nitrogens with zero attached hydrogens (tertiary/aromatic N) is 2. The highest BCUT2D eigenvalue weighted by atomic mass is 35.5. The number of ketones is 1. The molecule has 1 aromatic heterocycles. The fourth-order valence-corrected chi connectivity index (χ4v) is 4.47. The van der Waals surface area contributed by atoms with Gasteiger partial charge in [0, 0.05) is 47.2 Å². The van der Waals surface area contributed by atoms with Gasteiger partial charge in [0.25, 0.3) is 5.91 Å². The van der Waals surface area contributed by atoms with Crippen LogP contribution in [0.3, 0.4) is 0 Å². The summed E-state index contributed by atoms with van der Waals surface area (Å²) >= 11 is 6.67. The number of carbonyl (C=O) groups excluding carboxylic acids is 2. The molecule has 1 amide bonds. The molecule has 0 saturated heterocycles. The summed E-state index contributed by atoms with van der Waals surface area (Å²) in [5.74, 6) is 0.830. The Labute approximate surface area is 221 Å². The van der Waals surface area contributed by atoms with Crippen molar-refractivity contribution in [2.24, 2.45) is 16.1 Å². The van der Waals surface area contributed by atoms with Gasteiger partial charge in [-0.2, -0.15) is 0 Å². The van der Waals surface area contributed by atoms with Gasteiger partial charge in [-0.05, 0) is 42.3 Å². The highest BCUT2D eigenvalue weighted by molar-refractivity contribution is 6.32. The van der Waals surface area contributed by atoms with Crippen LogP contribution in [-0.2, 0) is 11.2 Å². The van der Waals surface area contributed by atoms with Crippen molar-refractivity contribution in [3.63, 3.8) is 0 Å². The van der Waals surface area contributed by atoms with Crippen molar-refractivity contribution in [3.05, 3.63) is 69.9 Å². The average Bonchev–Trinajstić information content (AvgIpc) is 3.32. The Morgan fingerprint density at radius 3 is 2.49 bits per heavy atom. The second kappa shape index (κ2) is 10.3. The van der Waals surface area contributed by atoms with Crippen LogP contribution >= 0.6 is 11.6 Å². The maximum Gasteiger partial charge on any atom is 0.252 e. The Hall–Kier alpha value is -3.71. The number of carbonyl (C=O) groups is 2. The highest BCUT2D eigenvalue weighted by Crippen LogP contribution is 2.37. The SMILES string of the molecule is COc1cc2nccc(Oc3ccc(CC(=O)CC4=CC(C(C)(C)C)=NC4)c(Cl)c3C)c2cc1C(N)=O. The number of hydrogen-bond donors (Lipinski definition) is 1. The van der Waals surface area contributed by atoms with Gasteiger partial charge in [-0.25, -0.2) is 0 Å². The molecule has 2 aromatic carbocycles. The minimum Gasteiger partial charge on any atom is -0.496 e. The van der Waals surface area contributed by atoms with Gasteiger partial charge in [-0.3, -0.25) is 19.6 Å². The standard InChI is InChI=1S/C29H30ClN3O4/c1-16-23(37-24-8-9-32-22-14-25(36-5)21(28(31)35)13-20(22)24)7-6-18(27(16)30)12-19(34)10-17-11-26(33-15-17)29(2,3)4/h6-9,11,13-14H,10,12,15H2,1-5H3,(H2,31,35). The summed E-state index contributed by atoms with van der Waals surface area (Å²) in [4.78, 5) is 33.6. The van der Waals surface area contributed by atoms with E-state index < -0.39 is 5.91 Å². The third-order valence-electron chi connectivity index (χ3n) is 6.30. The van der Waals surface area contributed by atoms with Gasteiger partial charge in [0.1, 0.15) is 23.0 Å². The average molecular weight is 520 g/mol. The lowest BCUT2D eigenvalue weighted by Gasteiger charge is -2.16. The van der Waals surface area contributed by atoms with Gasteiger partial charge < -0.3 is 15.2 Å². The van der Waals surface area contributed by atoms with Crippen LogP contribution in [0.5, 0.6) is 17.2 Å². The smallest absolute Gasteiger partial charge is 0.252 e. The number of hydrogen-bond acceptors (Lipinski definition) is 6. The zero-order valence-corrected chi connectivity index (χ0v) is 22.4. The van der Waals surface area contributed by atoms with E-state index in [4.69, 9.17) is 26.8 Å². The normalized spacial score (nSPS) is 13.4. The van der Waals surface area contributed by atoms with Crippen molar-refractivity contribution in [1.29, 1.82) is 0 Å². The van der Waals surface area contributed by atoms with E-state index in [2.05, 4.69) is 30.7 Å². The number of aliphatic imine (C=N–C) groups is 1. The van der Waals surface area contributed by atoms with Gasteiger partial charge >= 0.3 is 0 Å². The molecule has 37 heavy (non-hydrogen) atoms. The predicted molar refractivity (Wildman–Crippen MR) is 146 cm³/mol. The van der Waals surface area contributed by atoms with E-state index in [9.17, 15) is 9.59 Å². The Bertz CT molecular complexity index is 1470. The van der Waals surface area contributed by atoms with Crippen LogP contribution in [0.25, 0.3) is 10.9 Å². The first-order chi connectivity index (χ1) is 17.5. The number of halogens is 1. The number of fused-ring (bicyclic) bond motifs is 1. The van der Waals surface area contributed by atoms with Crippen LogP contribution in [0.15, 0.2) is 53.2 Å². The molecule has 2 N–H and O–H groups in total. The van der Waals surface area contributed by atoms with Crippen molar-refractivity contribution in [2.75, 3.05) is 13.7 Å². The molecule has 7 nitrogen and oxygen atoms in total. The molecule has 1 aliphatic rings. The van der Waals surface area contributed by atoms with E-state index in [1.165, 1.54) is 7.11 Å². The van der Waals surface area contributed by atoms with E-state index in [1.54, 1.807) is 30.5 Å². The monoisotopic (exact) mass is 519 g/mol. The number of rotatable bonds is 8. The van der Waals surface area contributed by atoms with E-state index in [-0.39, 0.29) is 23.2 Å². The summed E-state index contributed by atoms with van der Waals surface area (Å²) in [6, 6.07) is 8.56. The van der Waals surface area contributed by atoms with Gasteiger partial charge in [0.15, 0.2) is 0 Å². The highest BCUT2D eigenvalue weighted by Gasteiger charge is 2.22. The second-order valence-corrected chi connectivity index (χ2v) is 10.5. The molecule has 0 unspecified atom stereocenters. The number of Topliss-reactive ketones (excluding diaryl/α,β-unsaturated/α-hetero) is 1. The lowest BCUT2D eigenvalue weighted by molar-refractivity contribution is -0.117. The number of amides is 1. The van der Waals surface area contributed by atoms with Gasteiger partial charge in [0.2, 0.25) is 0 Å². The van der Waals surface area contributed by atoms with Crippen LogP contribution in [0.2, 0.25) is 5.02 Å². The minimum atomic E-state index is -0.614. The predicted octanol–water partition coefficient (Wildman–Crippen LogP) is 6.03. The summed E-state index contributed by atoms with van der Waals surface area (Å²) in [5.41, 5.74) is 9.81. The van der Waals surface area contributed by atoms with E-state index >= 15 is 0 Å². The molecule has 1 aliphatic heterocycles. The number of allylic oxidation sites excluding steroid dienone is 1. The summed E-state index contributed by atoms with van der Waals surface area (Å²) in [6.45, 7) is 8.75. The van der Waals surface area contributed by atoms with E-state index in [0.717, 1.165) is 16.8 Å². The number of aromatic nitrogens is 1. The molecular formula is C29H30ClN3O4. The Morgan fingerprint density at radius 2 is 1.84 bits per heavy atom. The lowest BCUT2D eigenvalue weighted by Crippen LogP contribution is -2.16. The lowest BCUT2D eigenvalue weighted by atomic mass is 9.89. The number of primary amides is 1. The largest absolute Gasteiger partial charge is 0.496 e. The molecule has 8 heteroatoms. The van der Waals surface area contributed by atoms with Crippen LogP contribution in [0.4, 0.5) is 0 Å². The van der Waals surface area contributed by atoms with Gasteiger partial charge in [-0.15, -0.1) is 0 Å². The Balaban J connectivity index is 1.54. The topological polar surface area (TPSA) is 104 Å². The number of nitrogens with two attached hydrogens (primary N) is 1. The molecule has 4 rings (SSSR count). The van der Waals surface area contributed by atoms with Crippen LogP contribution in [0.1, 0.15) is 48.7 Å². The molecule has 192 valence electrons. The van der Waals surface area contributed by atoms with E-state index in [1.807, 2.05) is 19.1 Å². The molecule has 0 saturated carbocycles. The third kappa shape index (κ3) is 5.67. The summed E-state index contributed by atoms with van der Waals surface area (Å²) in [6.07, 6.45) is 4.23. The summed E-state index contributed by atoms with van der Waals surface area (Å²) in [7, 11) is 1.47. The summed E-state index contributed by atoms with van der Waals surface area (Å²) in [5, 5.41) is 1.09. The Morgan fingerprint density at radius 1 is 1.08 bits per heavy atom. The number of pyridine rings is 1. The summed E-state index contributed by atoms with van der Waals surface area (Å²) < 4.78 is 11.5. The first-order valence-electron chi connectivity index (χ1n) is 12.0. The fourth-order valence-electron chi connectivity index (χ4n) is 4.25. The van der Waals surface area contributed by atoms with E-state index in [0.29, 0.717) is 51.7 Å². The molecule has 0 radical (unpaired) electrons. The van der Waals surface area contributed by atoms with Gasteiger partial charge in [0.05, 0.1) is 29.8 Å². The molecule has 3 aromatic rings. The first-order valence-corrected chi connectivity index (χ1v) is 12.3. The zero-order valence-electron chi connectivity index (χ0n) is 21.6. The maximum absolute atomic E-state index is 12.8. The molecule has 0 aliphatic carbocycles. The van der Waals surface area contributed by atoms with Crippen molar-refractivity contribution in [1.82, 2.24) is 4.98 Å². The molecule has 0 fully saturated rings. The number of benzene rings is 2. The molecule has 0 atom stereocenters. The van der Waals surface area contributed by atoms with Crippen molar-refractivity contribution in [2.45, 2.75) is 40.5 Å². The van der Waals surface area contributed by atoms with Crippen molar-refractivity contribution in [3.8, 4) is 17.2 Å². The second-order valence-electron chi connectivity index (χ2n) is 10.2. The molecule has 0 bridgehead atoms.